The fourth-order valence-corrected chi connectivity index (χ4v) is 11.9. The van der Waals surface area contributed by atoms with Crippen molar-refractivity contribution in [2.45, 2.75) is 194 Å². The van der Waals surface area contributed by atoms with Crippen molar-refractivity contribution in [3.63, 3.8) is 0 Å². The molecular weight excluding hydrogens is 1610 g/mol. The van der Waals surface area contributed by atoms with Gasteiger partial charge in [-0.05, 0) is 185 Å². The molecule has 630 valence electrons. The number of hydrogen-bond donors (Lipinski definition) is 7. The second-order valence-electron chi connectivity index (χ2n) is 30.9. The van der Waals surface area contributed by atoms with E-state index in [1.165, 1.54) is 0 Å². The fraction of sp³-hybridized carbons (Fsp3) is 0.610. The molecule has 33 nitrogen and oxygen atoms in total. The zero-order valence-corrected chi connectivity index (χ0v) is 69.5. The van der Waals surface area contributed by atoms with E-state index in [9.17, 15) is 75.5 Å². The number of fused-ring (bicyclic) bond motifs is 1. The molecule has 2 aromatic heterocycles. The van der Waals surface area contributed by atoms with Crippen LogP contribution in [0.3, 0.4) is 0 Å². The predicted octanol–water partition coefficient (Wildman–Crippen LogP) is 5.04. The molecule has 4 aromatic rings. The van der Waals surface area contributed by atoms with Crippen molar-refractivity contribution in [2.75, 3.05) is 116 Å². The number of anilines is 2. The highest BCUT2D eigenvalue weighted by Gasteiger charge is 2.44. The topological polar surface area (TPSA) is 411 Å². The van der Waals surface area contributed by atoms with Crippen LogP contribution >= 0.6 is 22.6 Å². The van der Waals surface area contributed by atoms with Gasteiger partial charge in [-0.1, -0.05) is 26.0 Å². The van der Waals surface area contributed by atoms with Crippen molar-refractivity contribution in [3.05, 3.63) is 85.5 Å². The van der Waals surface area contributed by atoms with Crippen LogP contribution in [0.25, 0.3) is 11.2 Å². The van der Waals surface area contributed by atoms with Gasteiger partial charge in [0.15, 0.2) is 11.2 Å². The Labute approximate surface area is 675 Å². The normalized spacial score (nSPS) is 14.6. The Morgan fingerprint density at radius 3 is 1.50 bits per heavy atom. The number of H-pyrrole nitrogens is 1. The summed E-state index contributed by atoms with van der Waals surface area (Å²) in [6.45, 7) is 20.6. The molecule has 2 aromatic carbocycles. The number of nitrogens with one attached hydrogen (secondary N) is 7. The highest BCUT2D eigenvalue weighted by Crippen LogP contribution is 2.27. The standard InChI is InChI=1S/C77H111F3IN15O18/c1-49(2)66(103)90-73-89-65-64(69(106)91-73)85-53(43-84-65)44-96(72(109)77(78,79)80)54-29-25-51(26-30-54)67(104)87-57(71(108)111-13)31-32-59(98)86-55(68(105)88-56(70(107)110-12)21-15-17-33-82-58(97)22-18-19-50-23-27-52(81)28-24-50)20-14-16-34-83-60(99)45-92-35-37-93(46-61(100)112-74(3,4)5)39-41-95(48-63(102)114-76(9,10)11)42-40-94(38-36-92)47-62(101)113-75(6,7)8/h23-30,43,49,55-57H,14-22,31-42,44-48H2,1-13H3,(H,82,97)(H,83,99)(H,86,98)(H,87,104)(H,88,105)(H2,84,89,90,91,103,106). The molecule has 7 amide bonds. The number of halogens is 4. The van der Waals surface area contributed by atoms with E-state index < -0.39 is 137 Å². The molecule has 1 aliphatic rings. The maximum atomic E-state index is 14.4. The number of carbonyl (C=O) groups is 12. The molecule has 1 fully saturated rings. The number of hydrogen-bond acceptors (Lipinski definition) is 25. The molecule has 114 heavy (non-hydrogen) atoms. The van der Waals surface area contributed by atoms with Crippen molar-refractivity contribution < 1.29 is 94.4 Å². The minimum absolute atomic E-state index is 0.0570. The highest BCUT2D eigenvalue weighted by molar-refractivity contribution is 14.1. The van der Waals surface area contributed by atoms with Gasteiger partial charge in [-0.3, -0.25) is 87.5 Å². The number of unbranched alkanes of at least 4 members (excludes halogenated alkanes) is 2. The van der Waals surface area contributed by atoms with Crippen molar-refractivity contribution in [1.29, 1.82) is 0 Å². The first-order chi connectivity index (χ1) is 53.5. The van der Waals surface area contributed by atoms with Crippen LogP contribution in [0.2, 0.25) is 0 Å². The molecule has 7 N–H and O–H groups in total. The van der Waals surface area contributed by atoms with Gasteiger partial charge in [-0.2, -0.15) is 18.2 Å². The maximum Gasteiger partial charge on any atom is 0.471 e. The van der Waals surface area contributed by atoms with E-state index in [4.69, 9.17) is 23.7 Å². The Morgan fingerprint density at radius 1 is 0.553 bits per heavy atom. The van der Waals surface area contributed by atoms with Crippen LogP contribution in [-0.2, 0) is 89.4 Å². The van der Waals surface area contributed by atoms with Gasteiger partial charge in [-0.25, -0.2) is 19.6 Å². The summed E-state index contributed by atoms with van der Waals surface area (Å²) in [6, 6.07) is 8.05. The van der Waals surface area contributed by atoms with Gasteiger partial charge in [0.05, 0.1) is 58.8 Å². The van der Waals surface area contributed by atoms with E-state index in [1.807, 2.05) is 43.9 Å². The van der Waals surface area contributed by atoms with Crippen LogP contribution < -0.4 is 42.4 Å². The molecule has 3 heterocycles. The van der Waals surface area contributed by atoms with Crippen LogP contribution in [-0.4, -0.2) is 258 Å². The molecule has 0 saturated carbocycles. The monoisotopic (exact) mass is 1720 g/mol. The zero-order chi connectivity index (χ0) is 84.7. The van der Waals surface area contributed by atoms with Crippen molar-refractivity contribution >= 4 is 117 Å². The Morgan fingerprint density at radius 2 is 1.03 bits per heavy atom. The first kappa shape index (κ1) is 95.2. The average molecular weight is 1720 g/mol. The first-order valence-corrected chi connectivity index (χ1v) is 39.0. The molecule has 37 heteroatoms. The average Bonchev–Trinajstić information content (AvgIpc) is 0.793. The van der Waals surface area contributed by atoms with E-state index in [0.29, 0.717) is 65.0 Å². The summed E-state index contributed by atoms with van der Waals surface area (Å²) < 4.78 is 70.7. The van der Waals surface area contributed by atoms with E-state index in [2.05, 4.69) is 74.4 Å². The number of aryl methyl sites for hydroxylation is 1. The minimum atomic E-state index is -5.43. The lowest BCUT2D eigenvalue weighted by atomic mass is 10.0. The number of benzene rings is 2. The second kappa shape index (κ2) is 45.7. The quantitative estimate of drug-likeness (QED) is 0.0134. The number of esters is 5. The molecule has 0 aliphatic carbocycles. The third-order valence-electron chi connectivity index (χ3n) is 17.3. The molecule has 0 spiro atoms. The molecule has 1 saturated heterocycles. The van der Waals surface area contributed by atoms with Crippen LogP contribution in [0.4, 0.5) is 24.8 Å². The van der Waals surface area contributed by atoms with Gasteiger partial charge >= 0.3 is 41.9 Å². The van der Waals surface area contributed by atoms with Crippen LogP contribution in [0, 0.1) is 9.49 Å². The number of ether oxygens (including phenoxy) is 5. The first-order valence-electron chi connectivity index (χ1n) is 37.9. The third-order valence-corrected chi connectivity index (χ3v) is 18.0. The summed E-state index contributed by atoms with van der Waals surface area (Å²) in [7, 11) is 2.16. The molecule has 3 atom stereocenters. The number of aromatic amines is 1. The fourth-order valence-electron chi connectivity index (χ4n) is 11.6. The van der Waals surface area contributed by atoms with Gasteiger partial charge in [0.25, 0.3) is 11.5 Å². The summed E-state index contributed by atoms with van der Waals surface area (Å²) in [6.07, 6.45) is -2.53. The highest BCUT2D eigenvalue weighted by atomic mass is 127. The third kappa shape index (κ3) is 36.0. The molecular formula is C77H111F3IN15O18. The Hall–Kier alpha value is -9.34. The summed E-state index contributed by atoms with van der Waals surface area (Å²) in [5, 5.41) is 16.0. The van der Waals surface area contributed by atoms with E-state index >= 15 is 0 Å². The van der Waals surface area contributed by atoms with Gasteiger partial charge in [0, 0.05) is 99.0 Å². The predicted molar refractivity (Wildman–Crippen MR) is 423 cm³/mol. The Balaban J connectivity index is 1.30. The van der Waals surface area contributed by atoms with Crippen molar-refractivity contribution in [2.24, 2.45) is 5.92 Å². The van der Waals surface area contributed by atoms with Crippen LogP contribution in [0.5, 0.6) is 0 Å². The van der Waals surface area contributed by atoms with E-state index in [0.717, 1.165) is 60.2 Å². The molecule has 0 bridgehead atoms. The number of aromatic nitrogens is 4. The zero-order valence-electron chi connectivity index (χ0n) is 67.3. The molecule has 0 radical (unpaired) electrons. The summed E-state index contributed by atoms with van der Waals surface area (Å²) in [4.78, 5) is 196. The summed E-state index contributed by atoms with van der Waals surface area (Å²) in [5.41, 5.74) is -3.67. The number of alkyl halides is 3. The SMILES string of the molecule is COC(=O)C(CCC(=O)NC(CCCCNC(=O)CN1CCN(CC(=O)OC(C)(C)C)CCN(CC(=O)OC(C)(C)C)CCN(CC(=O)OC(C)(C)C)CC1)C(=O)NC(CCCCNC(=O)CCCc1ccc(I)cc1)C(=O)OC)NC(=O)c1ccc(N(Cc2cnc3nc(NC(=O)C(C)C)[nH]c(=O)c3n2)C(=O)C(F)(F)F)cc1. The molecule has 5 rings (SSSR count). The molecule has 1 aliphatic heterocycles. The van der Waals surface area contributed by atoms with Crippen LogP contribution in [0.15, 0.2) is 59.5 Å². The summed E-state index contributed by atoms with van der Waals surface area (Å²) in [5.74, 6) is -9.86. The van der Waals surface area contributed by atoms with Gasteiger partial charge in [0.2, 0.25) is 35.5 Å². The summed E-state index contributed by atoms with van der Waals surface area (Å²) >= 11 is 2.22. The van der Waals surface area contributed by atoms with Crippen LogP contribution in [0.1, 0.15) is 162 Å². The number of nitrogens with zero attached hydrogens (tertiary/aromatic N) is 8. The maximum absolute atomic E-state index is 14.4. The van der Waals surface area contributed by atoms with E-state index in [-0.39, 0.29) is 123 Å². The lowest BCUT2D eigenvalue weighted by Crippen LogP contribution is -2.52. The van der Waals surface area contributed by atoms with E-state index in [1.54, 1.807) is 76.2 Å². The lowest BCUT2D eigenvalue weighted by Gasteiger charge is -2.34. The van der Waals surface area contributed by atoms with Gasteiger partial charge < -0.3 is 50.3 Å². The minimum Gasteiger partial charge on any atom is -0.467 e. The van der Waals surface area contributed by atoms with Gasteiger partial charge in [0.1, 0.15) is 34.9 Å². The lowest BCUT2D eigenvalue weighted by molar-refractivity contribution is -0.170. The number of rotatable bonds is 37. The smallest absolute Gasteiger partial charge is 0.467 e. The van der Waals surface area contributed by atoms with Crippen molar-refractivity contribution in [1.82, 2.24) is 66.1 Å². The Bertz CT molecular complexity index is 3940. The largest absolute Gasteiger partial charge is 0.471 e. The second-order valence-corrected chi connectivity index (χ2v) is 32.1. The van der Waals surface area contributed by atoms with Gasteiger partial charge in [-0.15, -0.1) is 0 Å². The number of carbonyl (C=O) groups excluding carboxylic acids is 12. The number of methoxy groups -OCH3 is 2. The Kier molecular flexibility index (Phi) is 38.2. The molecule has 3 unspecified atom stereocenters. The van der Waals surface area contributed by atoms with Crippen molar-refractivity contribution in [3.8, 4) is 0 Å². The number of amides is 7.